The molecule has 0 saturated carbocycles. The molecule has 0 aromatic heterocycles. The van der Waals surface area contributed by atoms with Crippen LogP contribution in [0.1, 0.15) is 39.0 Å². The second-order valence-electron chi connectivity index (χ2n) is 7.03. The van der Waals surface area contributed by atoms with Crippen molar-refractivity contribution < 1.29 is 4.79 Å². The number of amides is 1. The Hall–Kier alpha value is -1.93. The maximum Gasteiger partial charge on any atom is 0.228 e. The Bertz CT molecular complexity index is 889. The Morgan fingerprint density at radius 1 is 0.938 bits per heavy atom. The second-order valence-corrected chi connectivity index (χ2v) is 9.81. The van der Waals surface area contributed by atoms with E-state index in [1.54, 1.807) is 24.3 Å². The van der Waals surface area contributed by atoms with Crippen molar-refractivity contribution in [3.8, 4) is 0 Å². The first-order valence-corrected chi connectivity index (χ1v) is 11.8. The summed E-state index contributed by atoms with van der Waals surface area (Å²) in [5, 5.41) is 17.1. The van der Waals surface area contributed by atoms with Crippen molar-refractivity contribution in [3.05, 3.63) is 54.6 Å². The van der Waals surface area contributed by atoms with Gasteiger partial charge in [-0.1, -0.05) is 79.2 Å². The summed E-state index contributed by atoms with van der Waals surface area (Å²) in [6.07, 6.45) is 3.32. The number of hydrogen-bond donors (Lipinski definition) is 3. The number of unbranched alkanes of at least 4 members (excludes halogenated alkanes) is 3. The number of carbonyl (C=O) groups excluding carboxylic acids is 1. The largest absolute Gasteiger partial charge is 0.339 e. The Morgan fingerprint density at radius 2 is 1.56 bits per heavy atom. The second kappa shape index (κ2) is 13.6. The molecule has 2 aromatic rings. The molecule has 10 heteroatoms. The smallest absolute Gasteiger partial charge is 0.228 e. The van der Waals surface area contributed by atoms with Crippen LogP contribution in [0, 0.1) is 0 Å². The van der Waals surface area contributed by atoms with Crippen LogP contribution in [0.3, 0.4) is 0 Å². The highest BCUT2D eigenvalue weighted by Crippen LogP contribution is 2.29. The molecule has 0 spiro atoms. The zero-order valence-corrected chi connectivity index (χ0v) is 20.7. The van der Waals surface area contributed by atoms with Gasteiger partial charge < -0.3 is 16.0 Å². The monoisotopic (exact) mass is 513 g/mol. The van der Waals surface area contributed by atoms with Gasteiger partial charge in [-0.15, -0.1) is 0 Å². The zero-order valence-electron chi connectivity index (χ0n) is 17.7. The maximum absolute atomic E-state index is 12.2. The number of alkyl halides is 3. The summed E-state index contributed by atoms with van der Waals surface area (Å²) in [6.45, 7) is 2.11. The highest BCUT2D eigenvalue weighted by molar-refractivity contribution is 7.80. The molecular formula is C22H26Cl3N5OS. The van der Waals surface area contributed by atoms with Gasteiger partial charge in [-0.25, -0.2) is 0 Å². The number of thiocarbonyl (C=S) groups is 1. The van der Waals surface area contributed by atoms with E-state index in [1.807, 2.05) is 30.3 Å². The Morgan fingerprint density at radius 3 is 2.16 bits per heavy atom. The molecule has 0 aliphatic carbocycles. The van der Waals surface area contributed by atoms with Crippen molar-refractivity contribution >= 4 is 75.1 Å². The van der Waals surface area contributed by atoms with Gasteiger partial charge in [0.15, 0.2) is 5.11 Å². The van der Waals surface area contributed by atoms with Gasteiger partial charge >= 0.3 is 0 Å². The minimum Gasteiger partial charge on any atom is -0.339 e. The lowest BCUT2D eigenvalue weighted by atomic mass is 10.1. The minimum absolute atomic E-state index is 0.200. The molecule has 1 amide bonds. The lowest BCUT2D eigenvalue weighted by Gasteiger charge is -2.27. The normalized spacial score (nSPS) is 12.4. The summed E-state index contributed by atoms with van der Waals surface area (Å²) < 4.78 is -1.79. The van der Waals surface area contributed by atoms with E-state index in [-0.39, 0.29) is 11.0 Å². The lowest BCUT2D eigenvalue weighted by molar-refractivity contribution is -0.122. The topological polar surface area (TPSA) is 77.9 Å². The van der Waals surface area contributed by atoms with Gasteiger partial charge in [0, 0.05) is 12.1 Å². The minimum atomic E-state index is -1.79. The van der Waals surface area contributed by atoms with Crippen molar-refractivity contribution in [1.82, 2.24) is 10.6 Å². The van der Waals surface area contributed by atoms with Crippen LogP contribution in [0.4, 0.5) is 17.1 Å². The highest BCUT2D eigenvalue weighted by atomic mass is 35.6. The number of halogens is 3. The number of azo groups is 1. The van der Waals surface area contributed by atoms with Gasteiger partial charge in [-0.3, -0.25) is 4.79 Å². The standard InChI is InChI=1S/C22H26Cl3N5OS/c1-2-3-4-8-11-19(31)27-20(22(23,24)25)28-21(32)26-16-12-14-18(15-13-16)30-29-17-9-6-5-7-10-17/h5-7,9-10,12-15,20H,2-4,8,11H2,1H3,(H,27,31)(H2,26,28,32). The average Bonchev–Trinajstić information content (AvgIpc) is 2.76. The van der Waals surface area contributed by atoms with Crippen molar-refractivity contribution in [2.45, 2.75) is 49.0 Å². The number of nitrogens with zero attached hydrogens (tertiary/aromatic N) is 2. The van der Waals surface area contributed by atoms with Gasteiger partial charge in [0.05, 0.1) is 11.4 Å². The van der Waals surface area contributed by atoms with Gasteiger partial charge in [0.25, 0.3) is 0 Å². The van der Waals surface area contributed by atoms with Crippen LogP contribution in [0.15, 0.2) is 64.8 Å². The van der Waals surface area contributed by atoms with E-state index in [4.69, 9.17) is 47.0 Å². The van der Waals surface area contributed by atoms with Crippen molar-refractivity contribution in [3.63, 3.8) is 0 Å². The molecule has 2 rings (SSSR count). The van der Waals surface area contributed by atoms with E-state index < -0.39 is 9.96 Å². The molecule has 0 aliphatic heterocycles. The Balaban J connectivity index is 1.89. The third-order valence-electron chi connectivity index (χ3n) is 4.33. The van der Waals surface area contributed by atoms with Crippen molar-refractivity contribution in [2.24, 2.45) is 10.2 Å². The van der Waals surface area contributed by atoms with Crippen LogP contribution < -0.4 is 16.0 Å². The van der Waals surface area contributed by atoms with Gasteiger partial charge in [0.1, 0.15) is 6.17 Å². The molecule has 0 fully saturated rings. The van der Waals surface area contributed by atoms with Crippen LogP contribution in [-0.4, -0.2) is 21.0 Å². The van der Waals surface area contributed by atoms with Crippen LogP contribution in [0.25, 0.3) is 0 Å². The molecular weight excluding hydrogens is 489 g/mol. The first-order valence-electron chi connectivity index (χ1n) is 10.3. The number of rotatable bonds is 10. The van der Waals surface area contributed by atoms with E-state index >= 15 is 0 Å². The molecule has 2 aromatic carbocycles. The van der Waals surface area contributed by atoms with Crippen LogP contribution in [0.2, 0.25) is 0 Å². The first kappa shape index (κ1) is 26.3. The van der Waals surface area contributed by atoms with Crippen LogP contribution in [-0.2, 0) is 4.79 Å². The number of nitrogens with one attached hydrogen (secondary N) is 3. The predicted octanol–water partition coefficient (Wildman–Crippen LogP) is 7.17. The molecule has 0 saturated heterocycles. The molecule has 6 nitrogen and oxygen atoms in total. The summed E-state index contributed by atoms with van der Waals surface area (Å²) in [5.74, 6) is -0.208. The summed E-state index contributed by atoms with van der Waals surface area (Å²) in [5.41, 5.74) is 2.16. The number of benzene rings is 2. The molecule has 0 bridgehead atoms. The van der Waals surface area contributed by atoms with Crippen LogP contribution >= 0.6 is 47.0 Å². The summed E-state index contributed by atoms with van der Waals surface area (Å²) >= 11 is 23.4. The Labute approximate surface area is 209 Å². The number of hydrogen-bond acceptors (Lipinski definition) is 4. The van der Waals surface area contributed by atoms with Gasteiger partial charge in [-0.05, 0) is 55.0 Å². The number of anilines is 1. The molecule has 3 N–H and O–H groups in total. The molecule has 32 heavy (non-hydrogen) atoms. The predicted molar refractivity (Wildman–Crippen MR) is 137 cm³/mol. The van der Waals surface area contributed by atoms with Crippen LogP contribution in [0.5, 0.6) is 0 Å². The fourth-order valence-corrected chi connectivity index (χ4v) is 3.23. The van der Waals surface area contributed by atoms with E-state index in [2.05, 4.69) is 33.1 Å². The zero-order chi connectivity index (χ0) is 23.4. The van der Waals surface area contributed by atoms with Gasteiger partial charge in [-0.2, -0.15) is 10.2 Å². The van der Waals surface area contributed by atoms with Gasteiger partial charge in [0.2, 0.25) is 9.70 Å². The SMILES string of the molecule is CCCCCCC(=O)NC(NC(=S)Nc1ccc(N=Nc2ccccc2)cc1)C(Cl)(Cl)Cl. The molecule has 0 radical (unpaired) electrons. The lowest BCUT2D eigenvalue weighted by Crippen LogP contribution is -2.56. The van der Waals surface area contributed by atoms with Crippen molar-refractivity contribution in [1.29, 1.82) is 0 Å². The van der Waals surface area contributed by atoms with E-state index in [0.29, 0.717) is 17.8 Å². The maximum atomic E-state index is 12.2. The fourth-order valence-electron chi connectivity index (χ4n) is 2.67. The number of carbonyl (C=O) groups is 1. The van der Waals surface area contributed by atoms with Crippen molar-refractivity contribution in [2.75, 3.05) is 5.32 Å². The molecule has 1 unspecified atom stereocenters. The molecule has 0 aliphatic rings. The van der Waals surface area contributed by atoms with E-state index in [0.717, 1.165) is 31.4 Å². The van der Waals surface area contributed by atoms with E-state index in [9.17, 15) is 4.79 Å². The highest BCUT2D eigenvalue weighted by Gasteiger charge is 2.34. The third kappa shape index (κ3) is 10.1. The molecule has 0 heterocycles. The Kier molecular flexibility index (Phi) is 11.2. The fraction of sp³-hybridized carbons (Fsp3) is 0.364. The summed E-state index contributed by atoms with van der Waals surface area (Å²) in [6, 6.07) is 16.6. The summed E-state index contributed by atoms with van der Waals surface area (Å²) in [4.78, 5) is 12.2. The molecule has 1 atom stereocenters. The average molecular weight is 515 g/mol. The first-order chi connectivity index (χ1) is 15.3. The third-order valence-corrected chi connectivity index (χ3v) is 5.20. The summed E-state index contributed by atoms with van der Waals surface area (Å²) in [7, 11) is 0. The quantitative estimate of drug-likeness (QED) is 0.103. The molecule has 172 valence electrons. The van der Waals surface area contributed by atoms with E-state index in [1.165, 1.54) is 0 Å².